The van der Waals surface area contributed by atoms with Crippen LogP contribution in [0, 0.1) is 5.92 Å². The number of methoxy groups -OCH3 is 1. The molecule has 1 aromatic heterocycles. The van der Waals surface area contributed by atoms with Gasteiger partial charge < -0.3 is 14.5 Å². The standard InChI is InChI=1S/C19H21N3O3/c1-21(12-14-6-5-9-20-11-14)19(24)15-10-18(23)22(13-15)16-7-3-4-8-17(16)25-2/h3-9,11,15H,10,12-13H2,1-2H3. The van der Waals surface area contributed by atoms with Gasteiger partial charge in [0.05, 0.1) is 18.7 Å². The minimum absolute atomic E-state index is 0.0328. The largest absolute Gasteiger partial charge is 0.495 e. The Hall–Kier alpha value is -2.89. The Morgan fingerprint density at radius 2 is 2.12 bits per heavy atom. The number of aromatic nitrogens is 1. The second kappa shape index (κ2) is 7.34. The zero-order valence-corrected chi connectivity index (χ0v) is 14.4. The predicted octanol–water partition coefficient (Wildman–Crippen LogP) is 2.10. The van der Waals surface area contributed by atoms with Crippen molar-refractivity contribution in [3.8, 4) is 5.75 Å². The Morgan fingerprint density at radius 3 is 2.84 bits per heavy atom. The average molecular weight is 339 g/mol. The van der Waals surface area contributed by atoms with Crippen molar-refractivity contribution < 1.29 is 14.3 Å². The summed E-state index contributed by atoms with van der Waals surface area (Å²) in [5.74, 6) is 0.193. The van der Waals surface area contributed by atoms with Gasteiger partial charge in [-0.25, -0.2) is 0 Å². The molecule has 0 aliphatic carbocycles. The van der Waals surface area contributed by atoms with Gasteiger partial charge in [0.25, 0.3) is 0 Å². The summed E-state index contributed by atoms with van der Waals surface area (Å²) in [5, 5.41) is 0. The zero-order valence-electron chi connectivity index (χ0n) is 14.4. The molecule has 1 fully saturated rings. The van der Waals surface area contributed by atoms with Crippen LogP contribution in [-0.4, -0.2) is 42.4 Å². The van der Waals surface area contributed by atoms with E-state index in [1.807, 2.05) is 36.4 Å². The van der Waals surface area contributed by atoms with Crippen LogP contribution in [0.3, 0.4) is 0 Å². The molecule has 1 aromatic carbocycles. The van der Waals surface area contributed by atoms with E-state index in [1.165, 1.54) is 0 Å². The van der Waals surface area contributed by atoms with Gasteiger partial charge >= 0.3 is 0 Å². The van der Waals surface area contributed by atoms with Crippen molar-refractivity contribution in [2.24, 2.45) is 5.92 Å². The zero-order chi connectivity index (χ0) is 17.8. The lowest BCUT2D eigenvalue weighted by atomic mass is 10.1. The van der Waals surface area contributed by atoms with Crippen molar-refractivity contribution in [2.45, 2.75) is 13.0 Å². The molecule has 0 radical (unpaired) electrons. The Labute approximate surface area is 147 Å². The quantitative estimate of drug-likeness (QED) is 0.837. The summed E-state index contributed by atoms with van der Waals surface area (Å²) in [7, 11) is 3.33. The van der Waals surface area contributed by atoms with Crippen molar-refractivity contribution in [1.82, 2.24) is 9.88 Å². The number of hydrogen-bond donors (Lipinski definition) is 0. The summed E-state index contributed by atoms with van der Waals surface area (Å²) in [4.78, 5) is 32.5. The lowest BCUT2D eigenvalue weighted by Crippen LogP contribution is -2.34. The number of nitrogens with zero attached hydrogens (tertiary/aromatic N) is 3. The predicted molar refractivity (Wildman–Crippen MR) is 94.2 cm³/mol. The first-order chi connectivity index (χ1) is 12.1. The summed E-state index contributed by atoms with van der Waals surface area (Å²) in [6.45, 7) is 0.849. The molecule has 25 heavy (non-hydrogen) atoms. The van der Waals surface area contributed by atoms with E-state index in [2.05, 4.69) is 4.98 Å². The number of rotatable bonds is 5. The number of carbonyl (C=O) groups excluding carboxylic acids is 2. The molecule has 0 N–H and O–H groups in total. The van der Waals surface area contributed by atoms with Crippen LogP contribution < -0.4 is 9.64 Å². The van der Waals surface area contributed by atoms with E-state index >= 15 is 0 Å². The number of hydrogen-bond acceptors (Lipinski definition) is 4. The van der Waals surface area contributed by atoms with E-state index in [4.69, 9.17) is 4.74 Å². The molecule has 0 saturated carbocycles. The van der Waals surface area contributed by atoms with E-state index in [9.17, 15) is 9.59 Å². The Balaban J connectivity index is 1.70. The van der Waals surface area contributed by atoms with E-state index in [0.29, 0.717) is 24.5 Å². The molecule has 1 saturated heterocycles. The summed E-state index contributed by atoms with van der Waals surface area (Å²) in [6.07, 6.45) is 3.66. The fourth-order valence-electron chi connectivity index (χ4n) is 3.11. The third-order valence-electron chi connectivity index (χ3n) is 4.37. The van der Waals surface area contributed by atoms with Gasteiger partial charge in [-0.2, -0.15) is 0 Å². The molecule has 6 nitrogen and oxygen atoms in total. The van der Waals surface area contributed by atoms with Crippen LogP contribution >= 0.6 is 0 Å². The minimum atomic E-state index is -0.348. The Bertz CT molecular complexity index is 764. The first kappa shape index (κ1) is 17.0. The lowest BCUT2D eigenvalue weighted by molar-refractivity contribution is -0.135. The molecule has 0 spiro atoms. The fourth-order valence-corrected chi connectivity index (χ4v) is 3.11. The molecule has 1 atom stereocenters. The molecule has 1 unspecified atom stereocenters. The molecule has 6 heteroatoms. The number of pyridine rings is 1. The summed E-state index contributed by atoms with van der Waals surface area (Å²) in [5.41, 5.74) is 1.67. The van der Waals surface area contributed by atoms with Gasteiger partial charge in [0, 0.05) is 39.0 Å². The normalized spacial score (nSPS) is 16.8. The van der Waals surface area contributed by atoms with Crippen molar-refractivity contribution in [3.05, 3.63) is 54.4 Å². The van der Waals surface area contributed by atoms with Crippen molar-refractivity contribution in [2.75, 3.05) is 25.6 Å². The van der Waals surface area contributed by atoms with Gasteiger partial charge in [-0.3, -0.25) is 14.6 Å². The fraction of sp³-hybridized carbons (Fsp3) is 0.316. The van der Waals surface area contributed by atoms with Crippen LogP contribution in [-0.2, 0) is 16.1 Å². The third-order valence-corrected chi connectivity index (χ3v) is 4.37. The number of ether oxygens (including phenoxy) is 1. The highest BCUT2D eigenvalue weighted by molar-refractivity contribution is 6.01. The van der Waals surface area contributed by atoms with Crippen molar-refractivity contribution >= 4 is 17.5 Å². The van der Waals surface area contributed by atoms with Crippen molar-refractivity contribution in [1.29, 1.82) is 0 Å². The maximum atomic E-state index is 12.7. The monoisotopic (exact) mass is 339 g/mol. The molecule has 2 aromatic rings. The summed E-state index contributed by atoms with van der Waals surface area (Å²) in [6, 6.07) is 11.1. The third kappa shape index (κ3) is 3.63. The molecule has 130 valence electrons. The van der Waals surface area contributed by atoms with Gasteiger partial charge in [-0.1, -0.05) is 18.2 Å². The molecule has 1 aliphatic heterocycles. The van der Waals surface area contributed by atoms with E-state index < -0.39 is 0 Å². The number of anilines is 1. The smallest absolute Gasteiger partial charge is 0.228 e. The van der Waals surface area contributed by atoms with Gasteiger partial charge in [0.15, 0.2) is 0 Å². The highest BCUT2D eigenvalue weighted by atomic mass is 16.5. The van der Waals surface area contributed by atoms with Crippen LogP contribution in [0.2, 0.25) is 0 Å². The second-order valence-corrected chi connectivity index (χ2v) is 6.13. The molecular formula is C19H21N3O3. The molecule has 0 bridgehead atoms. The van der Waals surface area contributed by atoms with E-state index in [1.54, 1.807) is 36.4 Å². The summed E-state index contributed by atoms with van der Waals surface area (Å²) < 4.78 is 5.33. The number of benzene rings is 1. The molecule has 2 heterocycles. The average Bonchev–Trinajstić information content (AvgIpc) is 3.03. The minimum Gasteiger partial charge on any atom is -0.495 e. The van der Waals surface area contributed by atoms with Crippen LogP contribution in [0.5, 0.6) is 5.75 Å². The van der Waals surface area contributed by atoms with E-state index in [0.717, 1.165) is 5.56 Å². The van der Waals surface area contributed by atoms with Crippen molar-refractivity contribution in [3.63, 3.8) is 0 Å². The highest BCUT2D eigenvalue weighted by Gasteiger charge is 2.37. The van der Waals surface area contributed by atoms with Crippen LogP contribution in [0.25, 0.3) is 0 Å². The van der Waals surface area contributed by atoms with Gasteiger partial charge in [0.2, 0.25) is 11.8 Å². The van der Waals surface area contributed by atoms with Gasteiger partial charge in [0.1, 0.15) is 5.75 Å². The molecule has 2 amide bonds. The molecule has 1 aliphatic rings. The number of carbonyl (C=O) groups is 2. The van der Waals surface area contributed by atoms with Crippen LogP contribution in [0.4, 0.5) is 5.69 Å². The lowest BCUT2D eigenvalue weighted by Gasteiger charge is -2.22. The topological polar surface area (TPSA) is 62.7 Å². The second-order valence-electron chi connectivity index (χ2n) is 6.13. The summed E-state index contributed by atoms with van der Waals surface area (Å²) >= 11 is 0. The molecular weight excluding hydrogens is 318 g/mol. The molecule has 3 rings (SSSR count). The van der Waals surface area contributed by atoms with Crippen LogP contribution in [0.1, 0.15) is 12.0 Å². The van der Waals surface area contributed by atoms with Crippen LogP contribution in [0.15, 0.2) is 48.8 Å². The maximum Gasteiger partial charge on any atom is 0.228 e. The number of amides is 2. The first-order valence-corrected chi connectivity index (χ1v) is 8.17. The Morgan fingerprint density at radius 1 is 1.32 bits per heavy atom. The first-order valence-electron chi connectivity index (χ1n) is 8.17. The maximum absolute atomic E-state index is 12.7. The van der Waals surface area contributed by atoms with E-state index in [-0.39, 0.29) is 24.2 Å². The van der Waals surface area contributed by atoms with Gasteiger partial charge in [-0.15, -0.1) is 0 Å². The Kier molecular flexibility index (Phi) is 4.97. The van der Waals surface area contributed by atoms with Gasteiger partial charge in [-0.05, 0) is 23.8 Å². The highest BCUT2D eigenvalue weighted by Crippen LogP contribution is 2.33. The number of para-hydroxylation sites is 2. The SMILES string of the molecule is COc1ccccc1N1CC(C(=O)N(C)Cc2cccnc2)CC1=O.